The van der Waals surface area contributed by atoms with Crippen LogP contribution in [0.3, 0.4) is 0 Å². The first-order chi connectivity index (χ1) is 14.4. The van der Waals surface area contributed by atoms with Gasteiger partial charge in [0.05, 0.1) is 16.9 Å². The lowest BCUT2D eigenvalue weighted by atomic mass is 9.84. The van der Waals surface area contributed by atoms with Gasteiger partial charge in [-0.1, -0.05) is 53.7 Å². The van der Waals surface area contributed by atoms with Gasteiger partial charge in [-0.25, -0.2) is 4.98 Å². The highest BCUT2D eigenvalue weighted by Gasteiger charge is 2.28. The molecule has 2 aromatic rings. The summed E-state index contributed by atoms with van der Waals surface area (Å²) in [6, 6.07) is 7.20. The molecule has 0 N–H and O–H groups in total. The van der Waals surface area contributed by atoms with Crippen LogP contribution in [0.2, 0.25) is 0 Å². The third-order valence-corrected chi connectivity index (χ3v) is 5.80. The highest BCUT2D eigenvalue weighted by molar-refractivity contribution is 5.78. The Morgan fingerprint density at radius 3 is 2.35 bits per heavy atom. The molecule has 0 aliphatic heterocycles. The zero-order valence-corrected chi connectivity index (χ0v) is 20.7. The van der Waals surface area contributed by atoms with Gasteiger partial charge in [0.1, 0.15) is 5.82 Å². The van der Waals surface area contributed by atoms with Gasteiger partial charge in [0.2, 0.25) is 5.91 Å². The summed E-state index contributed by atoms with van der Waals surface area (Å²) >= 11 is 0. The van der Waals surface area contributed by atoms with E-state index in [0.29, 0.717) is 48.1 Å². The van der Waals surface area contributed by atoms with Crippen LogP contribution in [-0.2, 0) is 11.3 Å². The van der Waals surface area contributed by atoms with E-state index >= 15 is 0 Å². The number of hydrogen-bond acceptors (Lipinski definition) is 3. The topological polar surface area (TPSA) is 55.2 Å². The van der Waals surface area contributed by atoms with Crippen LogP contribution < -0.4 is 5.56 Å². The number of nitrogens with zero attached hydrogens (tertiary/aromatic N) is 3. The number of benzene rings is 1. The first kappa shape index (κ1) is 25.1. The van der Waals surface area contributed by atoms with Crippen LogP contribution >= 0.6 is 0 Å². The number of carbonyl (C=O) groups excluding carboxylic acids is 1. The van der Waals surface area contributed by atoms with E-state index in [1.807, 2.05) is 43.0 Å². The Morgan fingerprint density at radius 1 is 1.13 bits per heavy atom. The van der Waals surface area contributed by atoms with Crippen molar-refractivity contribution < 1.29 is 4.79 Å². The Hall–Kier alpha value is -2.17. The number of carbonyl (C=O) groups is 1. The van der Waals surface area contributed by atoms with Gasteiger partial charge in [-0.05, 0) is 56.1 Å². The quantitative estimate of drug-likeness (QED) is 0.507. The zero-order chi connectivity index (χ0) is 23.3. The fraction of sp³-hybridized carbons (Fsp3) is 0.654. The van der Waals surface area contributed by atoms with Crippen molar-refractivity contribution >= 4 is 16.8 Å². The van der Waals surface area contributed by atoms with E-state index in [-0.39, 0.29) is 22.9 Å². The van der Waals surface area contributed by atoms with Crippen molar-refractivity contribution in [1.82, 2.24) is 14.5 Å². The molecule has 172 valence electrons. The maximum atomic E-state index is 13.4. The third-order valence-electron chi connectivity index (χ3n) is 5.80. The maximum Gasteiger partial charge on any atom is 0.261 e. The molecule has 5 nitrogen and oxygen atoms in total. The molecule has 2 rings (SSSR count). The number of amides is 1. The fourth-order valence-electron chi connectivity index (χ4n) is 4.41. The zero-order valence-electron chi connectivity index (χ0n) is 20.7. The minimum Gasteiger partial charge on any atom is -0.333 e. The van der Waals surface area contributed by atoms with Crippen molar-refractivity contribution in [3.63, 3.8) is 0 Å². The number of aromatic nitrogens is 2. The summed E-state index contributed by atoms with van der Waals surface area (Å²) in [7, 11) is 0. The molecule has 0 aliphatic carbocycles. The second-order valence-corrected chi connectivity index (χ2v) is 10.6. The van der Waals surface area contributed by atoms with Crippen LogP contribution in [0.4, 0.5) is 0 Å². The van der Waals surface area contributed by atoms with Crippen LogP contribution in [0.1, 0.15) is 86.5 Å². The Balaban J connectivity index is 2.42. The highest BCUT2D eigenvalue weighted by Crippen LogP contribution is 2.28. The number of fused-ring (bicyclic) bond motifs is 1. The molecule has 0 saturated heterocycles. The molecule has 0 bridgehead atoms. The average molecular weight is 428 g/mol. The molecule has 0 radical (unpaired) electrons. The first-order valence-corrected chi connectivity index (χ1v) is 11.7. The number of para-hydroxylation sites is 1. The van der Waals surface area contributed by atoms with E-state index in [1.165, 1.54) is 0 Å². The molecule has 1 amide bonds. The third kappa shape index (κ3) is 6.65. The van der Waals surface area contributed by atoms with Crippen molar-refractivity contribution in [3.8, 4) is 0 Å². The van der Waals surface area contributed by atoms with Gasteiger partial charge in [0.15, 0.2) is 0 Å². The summed E-state index contributed by atoms with van der Waals surface area (Å²) in [4.78, 5) is 33.3. The molecule has 1 heterocycles. The maximum absolute atomic E-state index is 13.4. The van der Waals surface area contributed by atoms with Crippen molar-refractivity contribution in [3.05, 3.63) is 40.4 Å². The minimum atomic E-state index is -0.259. The summed E-state index contributed by atoms with van der Waals surface area (Å²) in [5.41, 5.74) is 0.847. The van der Waals surface area contributed by atoms with Gasteiger partial charge in [-0.15, -0.1) is 0 Å². The van der Waals surface area contributed by atoms with Crippen LogP contribution in [0.5, 0.6) is 0 Å². The number of hydrogen-bond donors (Lipinski definition) is 0. The van der Waals surface area contributed by atoms with Crippen molar-refractivity contribution in [2.24, 2.45) is 17.3 Å². The summed E-state index contributed by atoms with van der Waals surface area (Å²) in [5, 5.41) is 0.624. The molecular formula is C26H41N3O2. The summed E-state index contributed by atoms with van der Waals surface area (Å²) in [5.74, 6) is 1.62. The Kier molecular flexibility index (Phi) is 8.44. The van der Waals surface area contributed by atoms with Crippen LogP contribution in [0.15, 0.2) is 29.1 Å². The first-order valence-electron chi connectivity index (χ1n) is 11.7. The molecule has 1 aromatic carbocycles. The lowest BCUT2D eigenvalue weighted by Gasteiger charge is -2.32. The van der Waals surface area contributed by atoms with Gasteiger partial charge >= 0.3 is 0 Å². The molecule has 1 aromatic heterocycles. The van der Waals surface area contributed by atoms with Crippen LogP contribution in [0, 0.1) is 17.3 Å². The predicted octanol–water partition coefficient (Wildman–Crippen LogP) is 5.81. The van der Waals surface area contributed by atoms with Gasteiger partial charge in [-0.3, -0.25) is 14.2 Å². The van der Waals surface area contributed by atoms with E-state index in [9.17, 15) is 9.59 Å². The van der Waals surface area contributed by atoms with Gasteiger partial charge < -0.3 is 4.90 Å². The molecule has 0 saturated carbocycles. The van der Waals surface area contributed by atoms with E-state index in [0.717, 1.165) is 12.8 Å². The van der Waals surface area contributed by atoms with E-state index in [1.54, 1.807) is 4.57 Å². The average Bonchev–Trinajstić information content (AvgIpc) is 2.66. The molecule has 0 fully saturated rings. The molecule has 2 atom stereocenters. The van der Waals surface area contributed by atoms with Gasteiger partial charge in [-0.2, -0.15) is 0 Å². The SMILES string of the molecule is CCn1c(C(C)N(CCC(C)C)C(=O)CC(C)CC(C)(C)C)nc2ccccc2c1=O. The molecule has 0 aliphatic rings. The number of rotatable bonds is 9. The molecule has 5 heteroatoms. The lowest BCUT2D eigenvalue weighted by Crippen LogP contribution is -2.39. The summed E-state index contributed by atoms with van der Waals surface area (Å²) in [6.45, 7) is 18.3. The highest BCUT2D eigenvalue weighted by atomic mass is 16.2. The monoisotopic (exact) mass is 427 g/mol. The second kappa shape index (κ2) is 10.4. The molecule has 0 spiro atoms. The van der Waals surface area contributed by atoms with Crippen molar-refractivity contribution in [1.29, 1.82) is 0 Å². The lowest BCUT2D eigenvalue weighted by molar-refractivity contribution is -0.134. The molecule has 2 unspecified atom stereocenters. The van der Waals surface area contributed by atoms with E-state index in [4.69, 9.17) is 4.98 Å². The Labute approximate surface area is 187 Å². The Bertz CT molecular complexity index is 940. The standard InChI is InChI=1S/C26H41N3O2/c1-9-28-24(27-22-13-11-10-12-21(22)25(28)31)20(5)29(15-14-18(2)3)23(30)16-19(4)17-26(6,7)8/h10-13,18-20H,9,14-17H2,1-8H3. The molecular weight excluding hydrogens is 386 g/mol. The van der Waals surface area contributed by atoms with Crippen molar-refractivity contribution in [2.45, 2.75) is 87.2 Å². The second-order valence-electron chi connectivity index (χ2n) is 10.6. The normalized spacial score (nSPS) is 14.1. The Morgan fingerprint density at radius 2 is 1.77 bits per heavy atom. The molecule has 31 heavy (non-hydrogen) atoms. The van der Waals surface area contributed by atoms with Crippen LogP contribution in [0.25, 0.3) is 10.9 Å². The largest absolute Gasteiger partial charge is 0.333 e. The van der Waals surface area contributed by atoms with E-state index in [2.05, 4.69) is 41.5 Å². The van der Waals surface area contributed by atoms with E-state index < -0.39 is 0 Å². The smallest absolute Gasteiger partial charge is 0.261 e. The van der Waals surface area contributed by atoms with Crippen LogP contribution in [-0.4, -0.2) is 26.9 Å². The van der Waals surface area contributed by atoms with Gasteiger partial charge in [0, 0.05) is 19.5 Å². The van der Waals surface area contributed by atoms with Crippen molar-refractivity contribution in [2.75, 3.05) is 6.54 Å². The fourth-order valence-corrected chi connectivity index (χ4v) is 4.41. The summed E-state index contributed by atoms with van der Waals surface area (Å²) in [6.07, 6.45) is 2.44. The predicted molar refractivity (Wildman–Crippen MR) is 129 cm³/mol. The summed E-state index contributed by atoms with van der Waals surface area (Å²) < 4.78 is 1.72. The van der Waals surface area contributed by atoms with Gasteiger partial charge in [0.25, 0.3) is 5.56 Å². The minimum absolute atomic E-state index is 0.0349.